The van der Waals surface area contributed by atoms with Crippen molar-refractivity contribution in [2.45, 2.75) is 38.5 Å². The van der Waals surface area contributed by atoms with Gasteiger partial charge in [0.1, 0.15) is 0 Å². The van der Waals surface area contributed by atoms with Crippen molar-refractivity contribution >= 4 is 17.2 Å². The second-order valence-electron chi connectivity index (χ2n) is 5.93. The van der Waals surface area contributed by atoms with Crippen LogP contribution in [0.25, 0.3) is 0 Å². The van der Waals surface area contributed by atoms with Gasteiger partial charge in [0, 0.05) is 36.8 Å². The molecule has 1 aliphatic heterocycles. The fourth-order valence-corrected chi connectivity index (χ4v) is 3.78. The Kier molecular flexibility index (Phi) is 4.47. The predicted molar refractivity (Wildman–Crippen MR) is 86.1 cm³/mol. The number of thiazole rings is 1. The second-order valence-corrected chi connectivity index (χ2v) is 6.82. The Balaban J connectivity index is 1.72. The molecule has 1 amide bonds. The van der Waals surface area contributed by atoms with Crippen LogP contribution in [0.1, 0.15) is 59.8 Å². The Morgan fingerprint density at radius 2 is 2.14 bits per heavy atom. The third kappa shape index (κ3) is 3.16. The molecule has 0 spiro atoms. The molecule has 0 unspecified atom stereocenters. The fraction of sp³-hybridized carbons (Fsp3) is 0.500. The SMILES string of the molecule is CC(C)c1csc([C@H]2CCCN(C(=O)c3ncccn3)C2)n1. The first kappa shape index (κ1) is 15.1. The van der Waals surface area contributed by atoms with Gasteiger partial charge < -0.3 is 4.90 Å². The van der Waals surface area contributed by atoms with E-state index in [1.807, 2.05) is 4.90 Å². The van der Waals surface area contributed by atoms with Crippen LogP contribution in [0.2, 0.25) is 0 Å². The van der Waals surface area contributed by atoms with E-state index in [0.717, 1.165) is 30.1 Å². The van der Waals surface area contributed by atoms with Crippen molar-refractivity contribution in [1.82, 2.24) is 19.9 Å². The first-order valence-corrected chi connectivity index (χ1v) is 8.54. The van der Waals surface area contributed by atoms with E-state index < -0.39 is 0 Å². The van der Waals surface area contributed by atoms with Gasteiger partial charge in [-0.25, -0.2) is 15.0 Å². The van der Waals surface area contributed by atoms with Crippen molar-refractivity contribution in [2.75, 3.05) is 13.1 Å². The van der Waals surface area contributed by atoms with Crippen LogP contribution >= 0.6 is 11.3 Å². The largest absolute Gasteiger partial charge is 0.335 e. The maximum atomic E-state index is 12.5. The van der Waals surface area contributed by atoms with Gasteiger partial charge in [0.2, 0.25) is 5.82 Å². The van der Waals surface area contributed by atoms with Gasteiger partial charge in [-0.15, -0.1) is 11.3 Å². The summed E-state index contributed by atoms with van der Waals surface area (Å²) in [6.07, 6.45) is 5.30. The third-order valence-electron chi connectivity index (χ3n) is 3.95. The van der Waals surface area contributed by atoms with Gasteiger partial charge in [0.25, 0.3) is 5.91 Å². The minimum absolute atomic E-state index is 0.0778. The summed E-state index contributed by atoms with van der Waals surface area (Å²) in [5.74, 6) is 0.985. The standard InChI is InChI=1S/C16H20N4OS/c1-11(2)13-10-22-15(19-13)12-5-3-8-20(9-12)16(21)14-17-6-4-7-18-14/h4,6-7,10-12H,3,5,8-9H2,1-2H3/t12-/m0/s1. The topological polar surface area (TPSA) is 59.0 Å². The second kappa shape index (κ2) is 6.52. The van der Waals surface area contributed by atoms with Crippen molar-refractivity contribution in [3.63, 3.8) is 0 Å². The summed E-state index contributed by atoms with van der Waals surface area (Å²) in [7, 11) is 0. The summed E-state index contributed by atoms with van der Waals surface area (Å²) < 4.78 is 0. The highest BCUT2D eigenvalue weighted by molar-refractivity contribution is 7.09. The van der Waals surface area contributed by atoms with Crippen LogP contribution in [0.3, 0.4) is 0 Å². The van der Waals surface area contributed by atoms with E-state index in [9.17, 15) is 4.79 Å². The molecule has 1 atom stereocenters. The van der Waals surface area contributed by atoms with Crippen molar-refractivity contribution in [2.24, 2.45) is 0 Å². The number of hydrogen-bond donors (Lipinski definition) is 0. The summed E-state index contributed by atoms with van der Waals surface area (Å²) in [5, 5.41) is 3.29. The summed E-state index contributed by atoms with van der Waals surface area (Å²) >= 11 is 1.71. The third-order valence-corrected chi connectivity index (χ3v) is 4.97. The number of piperidine rings is 1. The molecule has 0 bridgehead atoms. The van der Waals surface area contributed by atoms with Crippen molar-refractivity contribution < 1.29 is 4.79 Å². The highest BCUT2D eigenvalue weighted by Crippen LogP contribution is 2.31. The summed E-state index contributed by atoms with van der Waals surface area (Å²) in [5.41, 5.74) is 1.15. The fourth-order valence-electron chi connectivity index (χ4n) is 2.67. The number of rotatable bonds is 3. The number of likely N-dealkylation sites (tertiary alicyclic amines) is 1. The van der Waals surface area contributed by atoms with Crippen LogP contribution in [0.15, 0.2) is 23.8 Å². The lowest BCUT2D eigenvalue weighted by atomic mass is 9.98. The Morgan fingerprint density at radius 3 is 2.82 bits per heavy atom. The Morgan fingerprint density at radius 1 is 1.36 bits per heavy atom. The molecule has 2 aromatic rings. The number of hydrogen-bond acceptors (Lipinski definition) is 5. The van der Waals surface area contributed by atoms with Gasteiger partial charge in [-0.3, -0.25) is 4.79 Å². The van der Waals surface area contributed by atoms with Crippen molar-refractivity contribution in [3.05, 3.63) is 40.4 Å². The van der Waals surface area contributed by atoms with Crippen LogP contribution < -0.4 is 0 Å². The van der Waals surface area contributed by atoms with Crippen molar-refractivity contribution in [1.29, 1.82) is 0 Å². The number of carbonyl (C=O) groups is 1. The van der Waals surface area contributed by atoms with Crippen LogP contribution in [0.5, 0.6) is 0 Å². The average Bonchev–Trinajstić information content (AvgIpc) is 3.05. The van der Waals surface area contributed by atoms with Crippen molar-refractivity contribution in [3.8, 4) is 0 Å². The van der Waals surface area contributed by atoms with E-state index in [2.05, 4.69) is 29.2 Å². The number of nitrogens with zero attached hydrogens (tertiary/aromatic N) is 4. The molecule has 0 aromatic carbocycles. The van der Waals surface area contributed by atoms with Gasteiger partial charge in [-0.05, 0) is 24.8 Å². The van der Waals surface area contributed by atoms with E-state index >= 15 is 0 Å². The summed E-state index contributed by atoms with van der Waals surface area (Å²) in [4.78, 5) is 27.2. The lowest BCUT2D eigenvalue weighted by Crippen LogP contribution is -2.39. The van der Waals surface area contributed by atoms with E-state index in [4.69, 9.17) is 4.98 Å². The Labute approximate surface area is 134 Å². The maximum Gasteiger partial charge on any atom is 0.291 e. The zero-order valence-electron chi connectivity index (χ0n) is 12.9. The summed E-state index contributed by atoms with van der Waals surface area (Å²) in [6.45, 7) is 5.79. The van der Waals surface area contributed by atoms with Gasteiger partial charge >= 0.3 is 0 Å². The molecule has 22 heavy (non-hydrogen) atoms. The van der Waals surface area contributed by atoms with E-state index in [1.165, 1.54) is 0 Å². The Bertz CT molecular complexity index is 641. The molecule has 0 saturated carbocycles. The number of aromatic nitrogens is 3. The quantitative estimate of drug-likeness (QED) is 0.873. The van der Waals surface area contributed by atoms with Gasteiger partial charge in [-0.2, -0.15) is 0 Å². The average molecular weight is 316 g/mol. The van der Waals surface area contributed by atoms with Crippen LogP contribution in [-0.4, -0.2) is 38.8 Å². The number of carbonyl (C=O) groups excluding carboxylic acids is 1. The molecule has 6 heteroatoms. The first-order chi connectivity index (χ1) is 10.6. The normalized spacial score (nSPS) is 18.7. The molecule has 3 heterocycles. The molecule has 1 fully saturated rings. The number of amides is 1. The molecule has 3 rings (SSSR count). The van der Waals surface area contributed by atoms with E-state index in [-0.39, 0.29) is 11.7 Å². The molecule has 1 saturated heterocycles. The molecule has 0 radical (unpaired) electrons. The molecule has 2 aromatic heterocycles. The van der Waals surface area contributed by atoms with Crippen LogP contribution in [0, 0.1) is 0 Å². The summed E-state index contributed by atoms with van der Waals surface area (Å²) in [6, 6.07) is 1.72. The molecule has 5 nitrogen and oxygen atoms in total. The lowest BCUT2D eigenvalue weighted by molar-refractivity contribution is 0.0694. The Hall–Kier alpha value is -1.82. The van der Waals surface area contributed by atoms with Crippen LogP contribution in [-0.2, 0) is 0 Å². The predicted octanol–water partition coefficient (Wildman–Crippen LogP) is 3.08. The van der Waals surface area contributed by atoms with Gasteiger partial charge in [-0.1, -0.05) is 13.8 Å². The highest BCUT2D eigenvalue weighted by Gasteiger charge is 2.28. The van der Waals surface area contributed by atoms with Crippen LogP contribution in [0.4, 0.5) is 0 Å². The van der Waals surface area contributed by atoms with E-state index in [1.54, 1.807) is 29.8 Å². The minimum Gasteiger partial charge on any atom is -0.335 e. The smallest absolute Gasteiger partial charge is 0.291 e. The molecule has 1 aliphatic rings. The highest BCUT2D eigenvalue weighted by atomic mass is 32.1. The monoisotopic (exact) mass is 316 g/mol. The first-order valence-electron chi connectivity index (χ1n) is 7.66. The van der Waals surface area contributed by atoms with E-state index in [0.29, 0.717) is 18.4 Å². The lowest BCUT2D eigenvalue weighted by Gasteiger charge is -2.31. The molecular formula is C16H20N4OS. The molecule has 0 aliphatic carbocycles. The molecule has 116 valence electrons. The molecular weight excluding hydrogens is 296 g/mol. The molecule has 0 N–H and O–H groups in total. The zero-order chi connectivity index (χ0) is 15.5. The van der Waals surface area contributed by atoms with Gasteiger partial charge in [0.05, 0.1) is 10.7 Å². The minimum atomic E-state index is -0.0778. The maximum absolute atomic E-state index is 12.5. The zero-order valence-corrected chi connectivity index (χ0v) is 13.7. The van der Waals surface area contributed by atoms with Gasteiger partial charge in [0.15, 0.2) is 0 Å².